The van der Waals surface area contributed by atoms with Gasteiger partial charge in [0.1, 0.15) is 0 Å². The van der Waals surface area contributed by atoms with Crippen LogP contribution in [0.4, 0.5) is 0 Å². The molecule has 0 saturated carbocycles. The first-order valence-corrected chi connectivity index (χ1v) is 7.59. The highest BCUT2D eigenvalue weighted by Crippen LogP contribution is 2.15. The molecule has 1 aromatic carbocycles. The van der Waals surface area contributed by atoms with Gasteiger partial charge in [0, 0.05) is 7.05 Å². The minimum Gasteiger partial charge on any atom is -0.320 e. The minimum atomic E-state index is -3.46. The molecule has 0 heterocycles. The molecule has 104 valence electrons. The molecule has 0 radical (unpaired) electrons. The number of aryl methyl sites for hydroxylation is 1. The highest BCUT2D eigenvalue weighted by atomic mass is 32.2. The van der Waals surface area contributed by atoms with E-state index >= 15 is 0 Å². The van der Waals surface area contributed by atoms with Gasteiger partial charge in [-0.25, -0.2) is 8.42 Å². The largest absolute Gasteiger partial charge is 0.320 e. The second-order valence-corrected chi connectivity index (χ2v) is 6.36. The van der Waals surface area contributed by atoms with Crippen molar-refractivity contribution in [2.45, 2.75) is 17.7 Å². The first kappa shape index (κ1) is 15.7. The molecular formula is C14H20N2O2S. The molecule has 0 atom stereocenters. The molecule has 0 bridgehead atoms. The molecule has 0 aliphatic rings. The summed E-state index contributed by atoms with van der Waals surface area (Å²) in [5, 5.41) is 3.08. The third-order valence-electron chi connectivity index (χ3n) is 2.84. The van der Waals surface area contributed by atoms with Crippen molar-refractivity contribution in [3.05, 3.63) is 29.8 Å². The fourth-order valence-electron chi connectivity index (χ4n) is 1.69. The Hall–Kier alpha value is -1.35. The number of benzene rings is 1. The number of nitrogens with zero attached hydrogens (tertiary/aromatic N) is 1. The van der Waals surface area contributed by atoms with Crippen LogP contribution in [0.2, 0.25) is 0 Å². The monoisotopic (exact) mass is 280 g/mol. The lowest BCUT2D eigenvalue weighted by molar-refractivity contribution is 0.503. The van der Waals surface area contributed by atoms with Crippen LogP contribution in [0.5, 0.6) is 0 Å². The molecule has 0 aliphatic heterocycles. The Morgan fingerprint density at radius 3 is 2.47 bits per heavy atom. The molecule has 0 aliphatic carbocycles. The number of rotatable bonds is 7. The molecular weight excluding hydrogens is 260 g/mol. The first-order valence-electron chi connectivity index (χ1n) is 6.15. The van der Waals surface area contributed by atoms with Gasteiger partial charge in [0.15, 0.2) is 0 Å². The zero-order chi connectivity index (χ0) is 14.3. The number of nitrogens with one attached hydrogen (secondary N) is 1. The normalized spacial score (nSPS) is 11.5. The molecule has 0 spiro atoms. The molecule has 5 heteroatoms. The Balaban J connectivity index is 2.78. The van der Waals surface area contributed by atoms with E-state index in [-0.39, 0.29) is 11.4 Å². The van der Waals surface area contributed by atoms with Crippen molar-refractivity contribution in [1.82, 2.24) is 9.62 Å². The number of terminal acetylenes is 1. The van der Waals surface area contributed by atoms with E-state index in [9.17, 15) is 8.42 Å². The van der Waals surface area contributed by atoms with E-state index < -0.39 is 10.0 Å². The summed E-state index contributed by atoms with van der Waals surface area (Å²) in [6, 6.07) is 6.98. The zero-order valence-electron chi connectivity index (χ0n) is 11.4. The first-order chi connectivity index (χ1) is 9.02. The van der Waals surface area contributed by atoms with Gasteiger partial charge in [-0.05, 0) is 44.1 Å². The van der Waals surface area contributed by atoms with Gasteiger partial charge < -0.3 is 5.32 Å². The van der Waals surface area contributed by atoms with Crippen LogP contribution < -0.4 is 5.32 Å². The molecule has 19 heavy (non-hydrogen) atoms. The van der Waals surface area contributed by atoms with Crippen LogP contribution in [0.25, 0.3) is 0 Å². The smallest absolute Gasteiger partial charge is 0.243 e. The van der Waals surface area contributed by atoms with Crippen molar-refractivity contribution in [2.75, 3.05) is 27.2 Å². The second-order valence-electron chi connectivity index (χ2n) is 4.32. The standard InChI is InChI=1S/C14H20N2O2S/c1-4-12-16(3)19(17,18)14-9-7-13(8-10-14)6-5-11-15-2/h1,7-10,15H,5-6,11-12H2,2-3H3. The van der Waals surface area contributed by atoms with E-state index in [0.717, 1.165) is 24.9 Å². The Labute approximate surface area is 115 Å². The molecule has 0 aromatic heterocycles. The van der Waals surface area contributed by atoms with Crippen LogP contribution in [0, 0.1) is 12.3 Å². The highest BCUT2D eigenvalue weighted by molar-refractivity contribution is 7.89. The van der Waals surface area contributed by atoms with Gasteiger partial charge in [0.2, 0.25) is 10.0 Å². The van der Waals surface area contributed by atoms with E-state index in [1.165, 1.54) is 11.4 Å². The number of sulfonamides is 1. The lowest BCUT2D eigenvalue weighted by Gasteiger charge is -2.14. The summed E-state index contributed by atoms with van der Waals surface area (Å²) >= 11 is 0. The highest BCUT2D eigenvalue weighted by Gasteiger charge is 2.19. The van der Waals surface area contributed by atoms with Gasteiger partial charge in [-0.1, -0.05) is 18.1 Å². The molecule has 1 rings (SSSR count). The van der Waals surface area contributed by atoms with Gasteiger partial charge in [0.05, 0.1) is 11.4 Å². The lowest BCUT2D eigenvalue weighted by atomic mass is 10.1. The van der Waals surface area contributed by atoms with Gasteiger partial charge in [-0.3, -0.25) is 0 Å². The van der Waals surface area contributed by atoms with Crippen molar-refractivity contribution in [3.8, 4) is 12.3 Å². The quantitative estimate of drug-likeness (QED) is 0.601. The summed E-state index contributed by atoms with van der Waals surface area (Å²) in [6.45, 7) is 1.03. The van der Waals surface area contributed by atoms with E-state index in [1.54, 1.807) is 12.1 Å². The summed E-state index contributed by atoms with van der Waals surface area (Å²) in [5.41, 5.74) is 1.13. The predicted octanol–water partition coefficient (Wildman–Crippen LogP) is 1.09. The molecule has 0 fully saturated rings. The maximum Gasteiger partial charge on any atom is 0.243 e. The van der Waals surface area contributed by atoms with Crippen molar-refractivity contribution < 1.29 is 8.42 Å². The van der Waals surface area contributed by atoms with Crippen molar-refractivity contribution in [3.63, 3.8) is 0 Å². The summed E-state index contributed by atoms with van der Waals surface area (Å²) in [5.74, 6) is 2.33. The topological polar surface area (TPSA) is 49.4 Å². The van der Waals surface area contributed by atoms with Crippen LogP contribution in [0.3, 0.4) is 0 Å². The summed E-state index contributed by atoms with van der Waals surface area (Å²) < 4.78 is 25.4. The molecule has 0 saturated heterocycles. The fraction of sp³-hybridized carbons (Fsp3) is 0.429. The van der Waals surface area contributed by atoms with Gasteiger partial charge in [-0.15, -0.1) is 6.42 Å². The van der Waals surface area contributed by atoms with Gasteiger partial charge in [-0.2, -0.15) is 4.31 Å². The van der Waals surface area contributed by atoms with Crippen molar-refractivity contribution >= 4 is 10.0 Å². The fourth-order valence-corrected chi connectivity index (χ4v) is 2.78. The zero-order valence-corrected chi connectivity index (χ0v) is 12.2. The average molecular weight is 280 g/mol. The lowest BCUT2D eigenvalue weighted by Crippen LogP contribution is -2.27. The SMILES string of the molecule is C#CCN(C)S(=O)(=O)c1ccc(CCCNC)cc1. The molecule has 0 unspecified atom stereocenters. The van der Waals surface area contributed by atoms with E-state index in [2.05, 4.69) is 11.2 Å². The van der Waals surface area contributed by atoms with Crippen LogP contribution in [-0.4, -0.2) is 39.9 Å². The summed E-state index contributed by atoms with van der Waals surface area (Å²) in [6.07, 6.45) is 7.09. The second kappa shape index (κ2) is 7.29. The maximum atomic E-state index is 12.1. The van der Waals surface area contributed by atoms with Crippen LogP contribution in [-0.2, 0) is 16.4 Å². The third kappa shape index (κ3) is 4.35. The maximum absolute atomic E-state index is 12.1. The molecule has 0 amide bonds. The Bertz CT molecular complexity index is 530. The Kier molecular flexibility index (Phi) is 6.03. The number of hydrogen-bond acceptors (Lipinski definition) is 3. The van der Waals surface area contributed by atoms with Crippen molar-refractivity contribution in [1.29, 1.82) is 0 Å². The third-order valence-corrected chi connectivity index (χ3v) is 4.66. The van der Waals surface area contributed by atoms with Gasteiger partial charge in [0.25, 0.3) is 0 Å². The van der Waals surface area contributed by atoms with Crippen molar-refractivity contribution in [2.24, 2.45) is 0 Å². The Morgan fingerprint density at radius 2 is 1.95 bits per heavy atom. The van der Waals surface area contributed by atoms with Gasteiger partial charge >= 0.3 is 0 Å². The van der Waals surface area contributed by atoms with Crippen LogP contribution >= 0.6 is 0 Å². The van der Waals surface area contributed by atoms with Crippen LogP contribution in [0.15, 0.2) is 29.2 Å². The van der Waals surface area contributed by atoms with E-state index in [0.29, 0.717) is 0 Å². The predicted molar refractivity (Wildman–Crippen MR) is 77.3 cm³/mol. The average Bonchev–Trinajstić information content (AvgIpc) is 2.40. The number of hydrogen-bond donors (Lipinski definition) is 1. The summed E-state index contributed by atoms with van der Waals surface area (Å²) in [7, 11) is -0.0687. The van der Waals surface area contributed by atoms with E-state index in [1.807, 2.05) is 19.2 Å². The summed E-state index contributed by atoms with van der Waals surface area (Å²) in [4.78, 5) is 0.280. The molecule has 4 nitrogen and oxygen atoms in total. The van der Waals surface area contributed by atoms with E-state index in [4.69, 9.17) is 6.42 Å². The Morgan fingerprint density at radius 1 is 1.32 bits per heavy atom. The molecule has 1 N–H and O–H groups in total. The molecule has 1 aromatic rings. The van der Waals surface area contributed by atoms with Crippen LogP contribution in [0.1, 0.15) is 12.0 Å². The minimum absolute atomic E-state index is 0.0756.